The zero-order valence-electron chi connectivity index (χ0n) is 20.9. The number of aliphatic imine (C=N–C) groups is 1. The molecule has 0 radical (unpaired) electrons. The van der Waals surface area contributed by atoms with Crippen molar-refractivity contribution < 1.29 is 9.47 Å². The Morgan fingerprint density at radius 3 is 2.69 bits per heavy atom. The maximum atomic E-state index is 6.54. The molecule has 4 heterocycles. The second kappa shape index (κ2) is 6.87. The van der Waals surface area contributed by atoms with Crippen LogP contribution in [0.2, 0.25) is 0 Å². The Hall–Kier alpha value is -3.41. The van der Waals surface area contributed by atoms with Crippen molar-refractivity contribution in [3.8, 4) is 11.8 Å². The largest absolute Gasteiger partial charge is 0.386 e. The number of fused-ring (bicyclic) bond motifs is 5. The number of nitrogens with two attached hydrogens (primary N) is 2. The van der Waals surface area contributed by atoms with E-state index in [9.17, 15) is 0 Å². The van der Waals surface area contributed by atoms with Gasteiger partial charge in [0.1, 0.15) is 35.8 Å². The van der Waals surface area contributed by atoms with Gasteiger partial charge in [-0.05, 0) is 63.8 Å². The van der Waals surface area contributed by atoms with Gasteiger partial charge in [0, 0.05) is 11.6 Å². The molecule has 0 spiro atoms. The minimum Gasteiger partial charge on any atom is -0.386 e. The molecule has 0 amide bonds. The monoisotopic (exact) mass is 482 g/mol. The normalized spacial score (nSPS) is 32.3. The number of aryl methyl sites for hydroxylation is 1. The van der Waals surface area contributed by atoms with Gasteiger partial charge in [-0.2, -0.15) is 0 Å². The Bertz CT molecular complexity index is 1530. The van der Waals surface area contributed by atoms with Crippen LogP contribution in [0.4, 0.5) is 11.5 Å². The number of ether oxygens (including phenoxy) is 2. The number of hydrogen-bond acceptors (Lipinski definition) is 7. The van der Waals surface area contributed by atoms with Gasteiger partial charge in [0.15, 0.2) is 5.79 Å². The topological polar surface area (TPSA) is 114 Å². The minimum absolute atomic E-state index is 0.0185. The van der Waals surface area contributed by atoms with Gasteiger partial charge in [-0.15, -0.1) is 0 Å². The molecule has 2 fully saturated rings. The average molecular weight is 483 g/mol. The fraction of sp³-hybridized carbons (Fsp3) is 0.464. The molecule has 4 aliphatic rings. The summed E-state index contributed by atoms with van der Waals surface area (Å²) in [5.41, 5.74) is 16.0. The molecule has 8 nitrogen and oxygen atoms in total. The van der Waals surface area contributed by atoms with Crippen LogP contribution >= 0.6 is 0 Å². The summed E-state index contributed by atoms with van der Waals surface area (Å²) in [5, 5.41) is 0.845. The van der Waals surface area contributed by atoms with Gasteiger partial charge >= 0.3 is 0 Å². The second-order valence-electron chi connectivity index (χ2n) is 11.5. The lowest BCUT2D eigenvalue weighted by molar-refractivity contribution is -0.170. The van der Waals surface area contributed by atoms with Crippen LogP contribution in [0.5, 0.6) is 0 Å². The molecule has 7 rings (SSSR count). The third-order valence-electron chi connectivity index (χ3n) is 8.64. The van der Waals surface area contributed by atoms with E-state index in [-0.39, 0.29) is 35.0 Å². The molecule has 2 aromatic heterocycles. The van der Waals surface area contributed by atoms with E-state index in [1.807, 2.05) is 26.1 Å². The number of aromatic nitrogens is 3. The molecule has 4 N–H and O–H groups in total. The van der Waals surface area contributed by atoms with Crippen molar-refractivity contribution in [2.24, 2.45) is 22.1 Å². The van der Waals surface area contributed by atoms with Crippen molar-refractivity contribution in [2.45, 2.75) is 70.0 Å². The zero-order valence-corrected chi connectivity index (χ0v) is 20.9. The molecule has 1 aromatic carbocycles. The summed E-state index contributed by atoms with van der Waals surface area (Å²) in [4.78, 5) is 13.3. The molecule has 0 unspecified atom stereocenters. The lowest BCUT2D eigenvalue weighted by Gasteiger charge is -2.40. The van der Waals surface area contributed by atoms with E-state index in [0.717, 1.165) is 29.6 Å². The fourth-order valence-electron chi connectivity index (χ4n) is 6.63. The molecule has 1 saturated carbocycles. The maximum absolute atomic E-state index is 6.54. The van der Waals surface area contributed by atoms with Gasteiger partial charge in [0.2, 0.25) is 0 Å². The number of hydrogen-bond donors (Lipinski definition) is 2. The summed E-state index contributed by atoms with van der Waals surface area (Å²) in [7, 11) is 0. The number of nitrogen functional groups attached to an aromatic ring is 1. The van der Waals surface area contributed by atoms with E-state index >= 15 is 0 Å². The van der Waals surface area contributed by atoms with Crippen LogP contribution in [0.1, 0.15) is 51.3 Å². The van der Waals surface area contributed by atoms with E-state index in [1.165, 1.54) is 17.5 Å². The van der Waals surface area contributed by atoms with Gasteiger partial charge < -0.3 is 25.5 Å². The van der Waals surface area contributed by atoms with Gasteiger partial charge in [-0.3, -0.25) is 0 Å². The molecule has 5 atom stereocenters. The Morgan fingerprint density at radius 1 is 1.08 bits per heavy atom. The van der Waals surface area contributed by atoms with Crippen molar-refractivity contribution in [2.75, 3.05) is 5.73 Å². The predicted octanol–water partition coefficient (Wildman–Crippen LogP) is 3.62. The maximum Gasteiger partial charge on any atom is 0.163 e. The molecule has 1 saturated heterocycles. The number of nitrogens with zero attached hydrogens (tertiary/aromatic N) is 4. The van der Waals surface area contributed by atoms with E-state index in [1.54, 1.807) is 0 Å². The van der Waals surface area contributed by atoms with E-state index in [0.29, 0.717) is 11.7 Å². The first-order valence-corrected chi connectivity index (χ1v) is 12.5. The van der Waals surface area contributed by atoms with Crippen molar-refractivity contribution in [3.63, 3.8) is 0 Å². The summed E-state index contributed by atoms with van der Waals surface area (Å²) in [6.45, 7) is 8.20. The molecule has 184 valence electrons. The quantitative estimate of drug-likeness (QED) is 0.549. The lowest BCUT2D eigenvalue weighted by Crippen LogP contribution is -2.43. The van der Waals surface area contributed by atoms with Gasteiger partial charge in [0.25, 0.3) is 0 Å². The van der Waals surface area contributed by atoms with Crippen LogP contribution in [-0.4, -0.2) is 38.4 Å². The average Bonchev–Trinajstić information content (AvgIpc) is 3.47. The molecular formula is C28H30N6O2. The minimum atomic E-state index is -0.675. The second-order valence-corrected chi connectivity index (χ2v) is 11.5. The Kier molecular flexibility index (Phi) is 4.17. The third kappa shape index (κ3) is 2.76. The molecular weight excluding hydrogens is 452 g/mol. The first-order chi connectivity index (χ1) is 17.1. The predicted molar refractivity (Wildman–Crippen MR) is 138 cm³/mol. The lowest BCUT2D eigenvalue weighted by atomic mass is 9.66. The summed E-state index contributed by atoms with van der Waals surface area (Å²) >= 11 is 0. The van der Waals surface area contributed by atoms with Crippen LogP contribution in [0.15, 0.2) is 41.8 Å². The Balaban J connectivity index is 1.23. The summed E-state index contributed by atoms with van der Waals surface area (Å²) in [6.07, 6.45) is 5.02. The number of amidine groups is 1. The summed E-state index contributed by atoms with van der Waals surface area (Å²) in [6, 6.07) is 8.50. The fourth-order valence-corrected chi connectivity index (χ4v) is 6.63. The smallest absolute Gasteiger partial charge is 0.163 e. The van der Waals surface area contributed by atoms with Crippen LogP contribution < -0.4 is 11.5 Å². The first kappa shape index (κ1) is 21.8. The van der Waals surface area contributed by atoms with E-state index in [2.05, 4.69) is 63.4 Å². The SMILES string of the molecule is CC1(C)O[C@H]2[C@H](n3ccc4c(N)ncnc43)[C@H]3C#C[C@@]3(CCc3ccc4c(c3)N=C(N)C4(C)C)[C@H]2O1. The summed E-state index contributed by atoms with van der Waals surface area (Å²) in [5.74, 6) is 7.59. The highest BCUT2D eigenvalue weighted by molar-refractivity contribution is 5.98. The molecule has 2 aliphatic heterocycles. The summed E-state index contributed by atoms with van der Waals surface area (Å²) < 4.78 is 15.2. The van der Waals surface area contributed by atoms with Gasteiger partial charge in [-0.1, -0.05) is 24.0 Å². The highest BCUT2D eigenvalue weighted by Gasteiger charge is 2.68. The Morgan fingerprint density at radius 2 is 1.92 bits per heavy atom. The van der Waals surface area contributed by atoms with Crippen molar-refractivity contribution >= 4 is 28.4 Å². The number of anilines is 1. The Labute approximate surface area is 210 Å². The van der Waals surface area contributed by atoms with Crippen LogP contribution in [0, 0.1) is 23.2 Å². The van der Waals surface area contributed by atoms with Crippen LogP contribution in [0.25, 0.3) is 11.0 Å². The number of benzene rings is 1. The molecule has 8 heteroatoms. The molecule has 2 aliphatic carbocycles. The zero-order chi connectivity index (χ0) is 25.0. The molecule has 36 heavy (non-hydrogen) atoms. The van der Waals surface area contributed by atoms with Crippen LogP contribution in [-0.2, 0) is 21.3 Å². The van der Waals surface area contributed by atoms with Gasteiger partial charge in [0.05, 0.1) is 28.4 Å². The van der Waals surface area contributed by atoms with Gasteiger partial charge in [-0.25, -0.2) is 15.0 Å². The van der Waals surface area contributed by atoms with E-state index in [4.69, 9.17) is 20.9 Å². The highest BCUT2D eigenvalue weighted by Crippen LogP contribution is 2.61. The highest BCUT2D eigenvalue weighted by atomic mass is 16.8. The molecule has 0 bridgehead atoms. The standard InChI is InChI=1S/C28H30N6O2/c1-26(2)17-6-5-15(13-19(17)33-25(26)30)7-10-28-11-8-18(28)20(21-22(28)36-27(3,4)35-21)34-12-9-16-23(29)31-14-32-24(16)34/h5-6,9,12-14,18,20-22H,7,10H2,1-4H3,(H2,30,33)(H2,29,31,32)/t18-,20-,21+,22+,28-/m1/s1. The van der Waals surface area contributed by atoms with Crippen LogP contribution in [0.3, 0.4) is 0 Å². The van der Waals surface area contributed by atoms with Crippen molar-refractivity contribution in [3.05, 3.63) is 47.9 Å². The first-order valence-electron chi connectivity index (χ1n) is 12.5. The third-order valence-corrected chi connectivity index (χ3v) is 8.64. The van der Waals surface area contributed by atoms with Crippen molar-refractivity contribution in [1.82, 2.24) is 14.5 Å². The molecule has 3 aromatic rings. The van der Waals surface area contributed by atoms with Crippen molar-refractivity contribution in [1.29, 1.82) is 0 Å². The number of rotatable bonds is 4. The van der Waals surface area contributed by atoms with E-state index < -0.39 is 5.79 Å².